The fourth-order valence-electron chi connectivity index (χ4n) is 2.86. The first kappa shape index (κ1) is 17.6. The molecule has 1 aromatic carbocycles. The van der Waals surface area contributed by atoms with Gasteiger partial charge in [0.05, 0.1) is 12.1 Å². The molecule has 0 bridgehead atoms. The molecule has 1 aromatic heterocycles. The van der Waals surface area contributed by atoms with Crippen molar-refractivity contribution in [3.63, 3.8) is 0 Å². The number of carbonyl (C=O) groups is 2. The van der Waals surface area contributed by atoms with Crippen LogP contribution in [0.25, 0.3) is 0 Å². The summed E-state index contributed by atoms with van der Waals surface area (Å²) in [5.41, 5.74) is 2.01. The topological polar surface area (TPSA) is 65.5 Å². The molecule has 3 rings (SSSR count). The molecule has 6 nitrogen and oxygen atoms in total. The van der Waals surface area contributed by atoms with Crippen LogP contribution in [0.3, 0.4) is 0 Å². The number of thiazole rings is 1. The molecule has 0 radical (unpaired) electrons. The summed E-state index contributed by atoms with van der Waals surface area (Å²) in [7, 11) is 0. The minimum atomic E-state index is -0.151. The number of benzene rings is 1. The minimum absolute atomic E-state index is 0.0963. The highest BCUT2D eigenvalue weighted by Crippen LogP contribution is 2.17. The Kier molecular flexibility index (Phi) is 5.78. The van der Waals surface area contributed by atoms with Crippen LogP contribution < -0.4 is 5.32 Å². The van der Waals surface area contributed by atoms with Crippen molar-refractivity contribution in [1.82, 2.24) is 14.8 Å². The number of hydrogen-bond donors (Lipinski definition) is 1. The van der Waals surface area contributed by atoms with Crippen molar-refractivity contribution in [2.24, 2.45) is 0 Å². The molecule has 2 aromatic rings. The third-order valence-corrected chi connectivity index (χ3v) is 4.95. The Morgan fingerprint density at radius 3 is 2.56 bits per heavy atom. The Bertz CT molecular complexity index is 724. The molecule has 1 N–H and O–H groups in total. The Morgan fingerprint density at radius 1 is 1.16 bits per heavy atom. The molecule has 2 amide bonds. The summed E-state index contributed by atoms with van der Waals surface area (Å²) in [6, 6.07) is 10.4. The summed E-state index contributed by atoms with van der Waals surface area (Å²) in [4.78, 5) is 32.0. The second-order valence-corrected chi connectivity index (χ2v) is 7.00. The van der Waals surface area contributed by atoms with Gasteiger partial charge in [0.25, 0.3) is 0 Å². The van der Waals surface area contributed by atoms with Gasteiger partial charge >= 0.3 is 0 Å². The van der Waals surface area contributed by atoms with E-state index in [0.29, 0.717) is 10.8 Å². The van der Waals surface area contributed by atoms with E-state index in [2.05, 4.69) is 39.5 Å². The van der Waals surface area contributed by atoms with E-state index in [4.69, 9.17) is 0 Å². The number of nitrogens with zero attached hydrogens (tertiary/aromatic N) is 3. The quantitative estimate of drug-likeness (QED) is 0.888. The lowest BCUT2D eigenvalue weighted by molar-refractivity contribution is -0.132. The van der Waals surface area contributed by atoms with Crippen LogP contribution in [0.1, 0.15) is 18.2 Å². The van der Waals surface area contributed by atoms with Crippen molar-refractivity contribution < 1.29 is 9.59 Å². The van der Waals surface area contributed by atoms with E-state index in [1.807, 2.05) is 16.3 Å². The molecule has 0 aliphatic carbocycles. The maximum absolute atomic E-state index is 12.4. The maximum Gasteiger partial charge on any atom is 0.228 e. The zero-order chi connectivity index (χ0) is 17.6. The highest BCUT2D eigenvalue weighted by atomic mass is 32.1. The largest absolute Gasteiger partial charge is 0.340 e. The minimum Gasteiger partial charge on any atom is -0.340 e. The predicted octanol–water partition coefficient (Wildman–Crippen LogP) is 1.99. The first-order chi connectivity index (χ1) is 12.1. The summed E-state index contributed by atoms with van der Waals surface area (Å²) in [5.74, 6) is -0.0548. The molecule has 0 unspecified atom stereocenters. The van der Waals surface area contributed by atoms with E-state index in [0.717, 1.165) is 32.7 Å². The first-order valence-electron chi connectivity index (χ1n) is 8.36. The maximum atomic E-state index is 12.4. The molecule has 1 aliphatic rings. The second-order valence-electron chi connectivity index (χ2n) is 6.14. The van der Waals surface area contributed by atoms with Crippen LogP contribution in [0, 0.1) is 0 Å². The van der Waals surface area contributed by atoms with Crippen molar-refractivity contribution in [2.75, 3.05) is 31.5 Å². The van der Waals surface area contributed by atoms with Crippen LogP contribution in [-0.4, -0.2) is 52.8 Å². The molecule has 2 heterocycles. The normalized spacial score (nSPS) is 15.2. The van der Waals surface area contributed by atoms with E-state index in [1.54, 1.807) is 0 Å². The number of aromatic nitrogens is 1. The van der Waals surface area contributed by atoms with E-state index in [9.17, 15) is 9.59 Å². The van der Waals surface area contributed by atoms with Crippen LogP contribution in [0.2, 0.25) is 0 Å². The Balaban J connectivity index is 1.46. The molecular formula is C18H22N4O2S. The fourth-order valence-corrected chi connectivity index (χ4v) is 3.62. The van der Waals surface area contributed by atoms with Crippen LogP contribution in [0.5, 0.6) is 0 Å². The first-order valence-corrected chi connectivity index (χ1v) is 9.24. The number of anilines is 1. The Morgan fingerprint density at radius 2 is 1.88 bits per heavy atom. The highest BCUT2D eigenvalue weighted by Gasteiger charge is 2.22. The second kappa shape index (κ2) is 8.22. The van der Waals surface area contributed by atoms with Crippen molar-refractivity contribution in [3.05, 3.63) is 47.0 Å². The number of nitrogens with one attached hydrogen (secondary N) is 1. The van der Waals surface area contributed by atoms with Crippen molar-refractivity contribution in [3.8, 4) is 0 Å². The van der Waals surface area contributed by atoms with E-state index in [-0.39, 0.29) is 18.2 Å². The lowest BCUT2D eigenvalue weighted by atomic mass is 10.2. The van der Waals surface area contributed by atoms with Gasteiger partial charge < -0.3 is 10.2 Å². The van der Waals surface area contributed by atoms with Gasteiger partial charge in [0.1, 0.15) is 0 Å². The van der Waals surface area contributed by atoms with Gasteiger partial charge in [0.2, 0.25) is 11.8 Å². The highest BCUT2D eigenvalue weighted by molar-refractivity contribution is 7.13. The average molecular weight is 358 g/mol. The standard InChI is InChI=1S/C18H22N4O2S/c1-14(23)19-18-20-16(13-25-18)11-17(24)22-9-7-21(8-10-22)12-15-5-3-2-4-6-15/h2-6,13H,7-12H2,1H3,(H,19,20,23). The zero-order valence-corrected chi connectivity index (χ0v) is 15.1. The fraction of sp³-hybridized carbons (Fsp3) is 0.389. The van der Waals surface area contributed by atoms with Gasteiger partial charge in [-0.25, -0.2) is 4.98 Å². The average Bonchev–Trinajstić information content (AvgIpc) is 3.02. The molecular weight excluding hydrogens is 336 g/mol. The number of hydrogen-bond acceptors (Lipinski definition) is 5. The van der Waals surface area contributed by atoms with E-state index in [1.165, 1.54) is 23.8 Å². The summed E-state index contributed by atoms with van der Waals surface area (Å²) < 4.78 is 0. The SMILES string of the molecule is CC(=O)Nc1nc(CC(=O)N2CCN(Cc3ccccc3)CC2)cs1. The monoisotopic (exact) mass is 358 g/mol. The van der Waals surface area contributed by atoms with Crippen molar-refractivity contribution >= 4 is 28.3 Å². The van der Waals surface area contributed by atoms with Crippen LogP contribution in [0.4, 0.5) is 5.13 Å². The van der Waals surface area contributed by atoms with Crippen LogP contribution in [-0.2, 0) is 22.6 Å². The van der Waals surface area contributed by atoms with Crippen molar-refractivity contribution in [1.29, 1.82) is 0 Å². The molecule has 0 spiro atoms. The van der Waals surface area contributed by atoms with Gasteiger partial charge in [0.15, 0.2) is 5.13 Å². The van der Waals surface area contributed by atoms with Crippen LogP contribution >= 0.6 is 11.3 Å². The van der Waals surface area contributed by atoms with E-state index >= 15 is 0 Å². The van der Waals surface area contributed by atoms with Crippen LogP contribution in [0.15, 0.2) is 35.7 Å². The molecule has 25 heavy (non-hydrogen) atoms. The third kappa shape index (κ3) is 5.11. The van der Waals surface area contributed by atoms with Gasteiger partial charge in [0, 0.05) is 45.0 Å². The Labute approximate surface area is 151 Å². The summed E-state index contributed by atoms with van der Waals surface area (Å²) >= 11 is 1.35. The number of rotatable bonds is 5. The number of carbonyl (C=O) groups excluding carboxylic acids is 2. The van der Waals surface area contributed by atoms with Gasteiger partial charge in [-0.3, -0.25) is 14.5 Å². The third-order valence-electron chi connectivity index (χ3n) is 4.14. The molecule has 132 valence electrons. The zero-order valence-electron chi connectivity index (χ0n) is 14.3. The van der Waals surface area contributed by atoms with Gasteiger partial charge in [-0.1, -0.05) is 30.3 Å². The number of piperazine rings is 1. The lowest BCUT2D eigenvalue weighted by Crippen LogP contribution is -2.48. The van der Waals surface area contributed by atoms with Crippen molar-refractivity contribution in [2.45, 2.75) is 19.9 Å². The van der Waals surface area contributed by atoms with Gasteiger partial charge in [-0.15, -0.1) is 11.3 Å². The van der Waals surface area contributed by atoms with Gasteiger partial charge in [-0.05, 0) is 5.56 Å². The predicted molar refractivity (Wildman–Crippen MR) is 98.4 cm³/mol. The molecule has 7 heteroatoms. The van der Waals surface area contributed by atoms with E-state index < -0.39 is 0 Å². The molecule has 1 fully saturated rings. The summed E-state index contributed by atoms with van der Waals surface area (Å²) in [6.07, 6.45) is 0.286. The summed E-state index contributed by atoms with van der Waals surface area (Å²) in [6.45, 7) is 5.63. The molecule has 0 saturated carbocycles. The molecule has 0 atom stereocenters. The number of amides is 2. The molecule has 1 saturated heterocycles. The summed E-state index contributed by atoms with van der Waals surface area (Å²) in [5, 5.41) is 5.02. The van der Waals surface area contributed by atoms with Gasteiger partial charge in [-0.2, -0.15) is 0 Å². The Hall–Kier alpha value is -2.25. The smallest absolute Gasteiger partial charge is 0.228 e. The lowest BCUT2D eigenvalue weighted by Gasteiger charge is -2.34. The molecule has 1 aliphatic heterocycles.